The van der Waals surface area contributed by atoms with Crippen LogP contribution >= 0.6 is 0 Å². The zero-order valence-corrected chi connectivity index (χ0v) is 22.7. The summed E-state index contributed by atoms with van der Waals surface area (Å²) >= 11 is 0. The van der Waals surface area contributed by atoms with Gasteiger partial charge in [-0.25, -0.2) is 8.42 Å². The SMILES string of the molecule is C[C@@H](Nc1cc(N2CCN(S(=O)(=O)c3ccc4oc5ccccc5c4c3)CC2)ccc1[N+](=O)[O-])c1ccccc1. The number of furan rings is 1. The minimum absolute atomic E-state index is 0.00472. The zero-order chi connectivity index (χ0) is 27.9. The maximum atomic E-state index is 13.6. The number of nitro groups is 1. The number of piperazine rings is 1. The maximum Gasteiger partial charge on any atom is 0.292 e. The highest BCUT2D eigenvalue weighted by Gasteiger charge is 2.30. The molecule has 0 bridgehead atoms. The van der Waals surface area contributed by atoms with E-state index in [1.165, 1.54) is 10.4 Å². The summed E-state index contributed by atoms with van der Waals surface area (Å²) in [5.74, 6) is 0. The number of fused-ring (bicyclic) bond motifs is 3. The van der Waals surface area contributed by atoms with Gasteiger partial charge in [0.1, 0.15) is 16.9 Å². The van der Waals surface area contributed by atoms with Crippen LogP contribution in [0.2, 0.25) is 0 Å². The summed E-state index contributed by atoms with van der Waals surface area (Å²) in [5.41, 5.74) is 3.61. The largest absolute Gasteiger partial charge is 0.456 e. The van der Waals surface area contributed by atoms with Crippen molar-refractivity contribution in [3.63, 3.8) is 0 Å². The second kappa shape index (κ2) is 10.3. The molecule has 1 aliphatic heterocycles. The number of anilines is 2. The lowest BCUT2D eigenvalue weighted by Crippen LogP contribution is -2.48. The number of para-hydroxylation sites is 1. The molecule has 4 aromatic carbocycles. The molecule has 1 atom stereocenters. The van der Waals surface area contributed by atoms with E-state index in [0.717, 1.165) is 27.6 Å². The standard InChI is InChI=1S/C30H28N4O5S/c1-21(22-7-3-2-4-8-22)31-27-19-23(11-13-28(27)34(35)36)32-15-17-33(18-16-32)40(37,38)24-12-14-30-26(20-24)25-9-5-6-10-29(25)39-30/h2-14,19-21,31H,15-18H2,1H3/t21-/m1/s1. The van der Waals surface area contributed by atoms with Crippen molar-refractivity contribution in [1.82, 2.24) is 4.31 Å². The predicted molar refractivity (Wildman–Crippen MR) is 156 cm³/mol. The molecule has 9 nitrogen and oxygen atoms in total. The Morgan fingerprint density at radius 2 is 1.55 bits per heavy atom. The molecule has 0 saturated carbocycles. The van der Waals surface area contributed by atoms with Crippen LogP contribution in [0.15, 0.2) is 100 Å². The molecule has 5 aromatic rings. The summed E-state index contributed by atoms with van der Waals surface area (Å²) in [6, 6.07) is 27.2. The fourth-order valence-electron chi connectivity index (χ4n) is 5.26. The van der Waals surface area contributed by atoms with Crippen molar-refractivity contribution < 1.29 is 17.8 Å². The molecule has 1 N–H and O–H groups in total. The smallest absolute Gasteiger partial charge is 0.292 e. The monoisotopic (exact) mass is 556 g/mol. The molecule has 1 aliphatic rings. The second-order valence-electron chi connectivity index (χ2n) is 9.88. The van der Waals surface area contributed by atoms with Crippen molar-refractivity contribution in [2.75, 3.05) is 36.4 Å². The Hall–Kier alpha value is -4.41. The van der Waals surface area contributed by atoms with E-state index in [1.54, 1.807) is 30.3 Å². The Morgan fingerprint density at radius 3 is 2.30 bits per heavy atom. The van der Waals surface area contributed by atoms with Gasteiger partial charge in [0, 0.05) is 54.7 Å². The van der Waals surface area contributed by atoms with Crippen LogP contribution in [0.3, 0.4) is 0 Å². The third-order valence-corrected chi connectivity index (χ3v) is 9.33. The van der Waals surface area contributed by atoms with E-state index in [1.807, 2.05) is 61.5 Å². The Labute approximate surface area is 231 Å². The van der Waals surface area contributed by atoms with Crippen LogP contribution in [-0.4, -0.2) is 43.8 Å². The lowest BCUT2D eigenvalue weighted by Gasteiger charge is -2.35. The number of sulfonamides is 1. The molecule has 40 heavy (non-hydrogen) atoms. The van der Waals surface area contributed by atoms with Crippen LogP contribution in [0, 0.1) is 10.1 Å². The predicted octanol–water partition coefficient (Wildman–Crippen LogP) is 6.18. The molecule has 6 rings (SSSR count). The van der Waals surface area contributed by atoms with Crippen molar-refractivity contribution in [1.29, 1.82) is 0 Å². The van der Waals surface area contributed by atoms with Gasteiger partial charge in [-0.15, -0.1) is 0 Å². The van der Waals surface area contributed by atoms with E-state index in [-0.39, 0.29) is 16.6 Å². The molecule has 1 aromatic heterocycles. The molecule has 0 spiro atoms. The lowest BCUT2D eigenvalue weighted by molar-refractivity contribution is -0.384. The van der Waals surface area contributed by atoms with Crippen molar-refractivity contribution in [3.8, 4) is 0 Å². The maximum absolute atomic E-state index is 13.6. The van der Waals surface area contributed by atoms with Gasteiger partial charge in [0.15, 0.2) is 0 Å². The molecule has 2 heterocycles. The molecule has 1 saturated heterocycles. The van der Waals surface area contributed by atoms with Crippen LogP contribution in [-0.2, 0) is 10.0 Å². The molecule has 0 aliphatic carbocycles. The Balaban J connectivity index is 1.20. The van der Waals surface area contributed by atoms with Crippen LogP contribution in [0.1, 0.15) is 18.5 Å². The molecular weight excluding hydrogens is 528 g/mol. The summed E-state index contributed by atoms with van der Waals surface area (Å²) in [6.45, 7) is 3.47. The summed E-state index contributed by atoms with van der Waals surface area (Å²) < 4.78 is 34.5. The van der Waals surface area contributed by atoms with Gasteiger partial charge in [0.2, 0.25) is 10.0 Å². The first-order valence-electron chi connectivity index (χ1n) is 13.1. The molecule has 10 heteroatoms. The van der Waals surface area contributed by atoms with Crippen LogP contribution < -0.4 is 10.2 Å². The van der Waals surface area contributed by atoms with Crippen LogP contribution in [0.5, 0.6) is 0 Å². The molecule has 0 unspecified atom stereocenters. The number of hydrogen-bond donors (Lipinski definition) is 1. The van der Waals surface area contributed by atoms with E-state index in [9.17, 15) is 18.5 Å². The third kappa shape index (κ3) is 4.76. The zero-order valence-electron chi connectivity index (χ0n) is 21.9. The lowest BCUT2D eigenvalue weighted by atomic mass is 10.1. The number of hydrogen-bond acceptors (Lipinski definition) is 7. The van der Waals surface area contributed by atoms with Gasteiger partial charge in [0.05, 0.1) is 9.82 Å². The normalized spacial score (nSPS) is 15.4. The number of nitrogens with zero attached hydrogens (tertiary/aromatic N) is 3. The van der Waals surface area contributed by atoms with Gasteiger partial charge in [-0.1, -0.05) is 48.5 Å². The van der Waals surface area contributed by atoms with Crippen molar-refractivity contribution in [2.24, 2.45) is 0 Å². The van der Waals surface area contributed by atoms with Crippen molar-refractivity contribution >= 4 is 49.0 Å². The molecule has 0 radical (unpaired) electrons. The van der Waals surface area contributed by atoms with Gasteiger partial charge in [-0.05, 0) is 48.9 Å². The fraction of sp³-hybridized carbons (Fsp3) is 0.200. The highest BCUT2D eigenvalue weighted by Crippen LogP contribution is 2.34. The number of benzene rings is 4. The van der Waals surface area contributed by atoms with Gasteiger partial charge < -0.3 is 14.6 Å². The molecule has 0 amide bonds. The minimum atomic E-state index is -3.71. The first-order valence-corrected chi connectivity index (χ1v) is 14.5. The van der Waals surface area contributed by atoms with Gasteiger partial charge in [-0.2, -0.15) is 4.31 Å². The van der Waals surface area contributed by atoms with Crippen molar-refractivity contribution in [3.05, 3.63) is 107 Å². The fourth-order valence-corrected chi connectivity index (χ4v) is 6.70. The Kier molecular flexibility index (Phi) is 6.65. The molecule has 1 fully saturated rings. The number of nitro benzene ring substituents is 1. The van der Waals surface area contributed by atoms with Crippen LogP contribution in [0.4, 0.5) is 17.1 Å². The number of nitrogens with one attached hydrogen (secondary N) is 1. The van der Waals surface area contributed by atoms with Crippen LogP contribution in [0.25, 0.3) is 21.9 Å². The highest BCUT2D eigenvalue weighted by molar-refractivity contribution is 7.89. The van der Waals surface area contributed by atoms with E-state index >= 15 is 0 Å². The average molecular weight is 557 g/mol. The average Bonchev–Trinajstić information content (AvgIpc) is 3.35. The summed E-state index contributed by atoms with van der Waals surface area (Å²) in [7, 11) is -3.71. The highest BCUT2D eigenvalue weighted by atomic mass is 32.2. The van der Waals surface area contributed by atoms with Gasteiger partial charge in [0.25, 0.3) is 5.69 Å². The summed E-state index contributed by atoms with van der Waals surface area (Å²) in [5, 5.41) is 16.7. The minimum Gasteiger partial charge on any atom is -0.456 e. The summed E-state index contributed by atoms with van der Waals surface area (Å²) in [4.78, 5) is 13.6. The topological polar surface area (TPSA) is 109 Å². The summed E-state index contributed by atoms with van der Waals surface area (Å²) in [6.07, 6.45) is 0. The second-order valence-corrected chi connectivity index (χ2v) is 11.8. The molecular formula is C30H28N4O5S. The van der Waals surface area contributed by atoms with Gasteiger partial charge >= 0.3 is 0 Å². The van der Waals surface area contributed by atoms with E-state index in [4.69, 9.17) is 4.42 Å². The first-order chi connectivity index (χ1) is 19.3. The third-order valence-electron chi connectivity index (χ3n) is 7.44. The van der Waals surface area contributed by atoms with E-state index in [2.05, 4.69) is 10.2 Å². The molecule has 204 valence electrons. The quantitative estimate of drug-likeness (QED) is 0.188. The Morgan fingerprint density at radius 1 is 0.850 bits per heavy atom. The van der Waals surface area contributed by atoms with Gasteiger partial charge in [-0.3, -0.25) is 10.1 Å². The van der Waals surface area contributed by atoms with E-state index in [0.29, 0.717) is 37.4 Å². The number of rotatable bonds is 7. The van der Waals surface area contributed by atoms with E-state index < -0.39 is 14.9 Å². The first kappa shape index (κ1) is 25.8. The Bertz CT molecular complexity index is 1810. The van der Waals surface area contributed by atoms with Crippen molar-refractivity contribution in [2.45, 2.75) is 17.9 Å².